The Labute approximate surface area is 173 Å². The highest BCUT2D eigenvalue weighted by Crippen LogP contribution is 2.53. The van der Waals surface area contributed by atoms with E-state index in [1.165, 1.54) is 12.3 Å². The first-order valence-electron chi connectivity index (χ1n) is 10.2. The third-order valence-corrected chi connectivity index (χ3v) is 6.93. The van der Waals surface area contributed by atoms with Crippen LogP contribution in [0.3, 0.4) is 0 Å². The van der Waals surface area contributed by atoms with Crippen molar-refractivity contribution in [1.29, 1.82) is 0 Å². The monoisotopic (exact) mass is 422 g/mol. The molecule has 5 rings (SSSR count). The Hall–Kier alpha value is -1.93. The first kappa shape index (κ1) is 19.1. The third kappa shape index (κ3) is 3.57. The summed E-state index contributed by atoms with van der Waals surface area (Å²) in [4.78, 5) is 32.2. The Morgan fingerprint density at radius 1 is 1.38 bits per heavy atom. The molecule has 0 bridgehead atoms. The molecule has 156 valence electrons. The topological polar surface area (TPSA) is 74.8 Å². The maximum atomic E-state index is 13.9. The van der Waals surface area contributed by atoms with Crippen LogP contribution in [-0.2, 0) is 16.0 Å². The molecule has 4 aliphatic rings. The molecule has 1 aromatic heterocycles. The Kier molecular flexibility index (Phi) is 4.66. The van der Waals surface area contributed by atoms with Crippen molar-refractivity contribution in [2.75, 3.05) is 32.8 Å². The van der Waals surface area contributed by atoms with Crippen LogP contribution in [0.15, 0.2) is 12.3 Å². The van der Waals surface area contributed by atoms with Gasteiger partial charge >= 0.3 is 6.03 Å². The standard InChI is InChI=1S/C20H24ClFN4O3/c21-13-4-14(22)15(23-7-13)3-12-5-20(6-12)10-26(11-20)19(28)25-2-1-17-16(8-25)24-18(27)9-29-17/h4,7,12,16-17H,1-3,5-6,8-11H2,(H,24,27)/t16-,17+/m1/s1. The lowest BCUT2D eigenvalue weighted by Crippen LogP contribution is -2.68. The van der Waals surface area contributed by atoms with Crippen LogP contribution in [0.1, 0.15) is 25.0 Å². The average Bonchev–Trinajstić information content (AvgIpc) is 2.63. The zero-order valence-electron chi connectivity index (χ0n) is 16.1. The molecule has 7 nitrogen and oxygen atoms in total. The van der Waals surface area contributed by atoms with Crippen LogP contribution < -0.4 is 5.32 Å². The molecule has 0 aromatic carbocycles. The van der Waals surface area contributed by atoms with Crippen molar-refractivity contribution in [3.63, 3.8) is 0 Å². The Balaban J connectivity index is 1.10. The van der Waals surface area contributed by atoms with E-state index in [4.69, 9.17) is 16.3 Å². The lowest BCUT2D eigenvalue weighted by atomic mass is 9.57. The van der Waals surface area contributed by atoms with E-state index < -0.39 is 0 Å². The molecule has 1 aliphatic carbocycles. The number of carbonyl (C=O) groups is 2. The van der Waals surface area contributed by atoms with Gasteiger partial charge in [-0.05, 0) is 37.7 Å². The van der Waals surface area contributed by atoms with Crippen LogP contribution in [0.25, 0.3) is 0 Å². The molecule has 3 amide bonds. The van der Waals surface area contributed by atoms with Crippen LogP contribution in [-0.4, -0.2) is 71.7 Å². The van der Waals surface area contributed by atoms with Gasteiger partial charge in [0, 0.05) is 37.8 Å². The van der Waals surface area contributed by atoms with Crippen molar-refractivity contribution in [3.8, 4) is 0 Å². The van der Waals surface area contributed by atoms with E-state index in [9.17, 15) is 14.0 Å². The van der Waals surface area contributed by atoms with E-state index in [0.29, 0.717) is 36.1 Å². The number of piperidine rings is 1. The molecule has 4 heterocycles. The summed E-state index contributed by atoms with van der Waals surface area (Å²) in [6, 6.07) is 1.24. The predicted molar refractivity (Wildman–Crippen MR) is 103 cm³/mol. The maximum Gasteiger partial charge on any atom is 0.320 e. The highest BCUT2D eigenvalue weighted by molar-refractivity contribution is 6.30. The van der Waals surface area contributed by atoms with Gasteiger partial charge < -0.3 is 19.9 Å². The fraction of sp³-hybridized carbons (Fsp3) is 0.650. The van der Waals surface area contributed by atoms with Gasteiger partial charge in [-0.25, -0.2) is 9.18 Å². The molecule has 0 unspecified atom stereocenters. The number of urea groups is 1. The van der Waals surface area contributed by atoms with E-state index in [1.54, 1.807) is 0 Å². The number of nitrogens with zero attached hydrogens (tertiary/aromatic N) is 3. The summed E-state index contributed by atoms with van der Waals surface area (Å²) in [5.74, 6) is -0.0533. The molecule has 3 saturated heterocycles. The van der Waals surface area contributed by atoms with Gasteiger partial charge in [0.05, 0.1) is 22.9 Å². The SMILES string of the molecule is O=C1CO[C@H]2CCN(C(=O)N3CC4(CC(Cc5ncc(Cl)cc5F)C4)C3)C[C@H]2N1. The van der Waals surface area contributed by atoms with Crippen molar-refractivity contribution in [2.45, 2.75) is 37.8 Å². The number of hydrogen-bond acceptors (Lipinski definition) is 4. The number of amides is 3. The molecular formula is C20H24ClFN4O3. The van der Waals surface area contributed by atoms with E-state index in [2.05, 4.69) is 10.3 Å². The van der Waals surface area contributed by atoms with E-state index >= 15 is 0 Å². The van der Waals surface area contributed by atoms with Gasteiger partial charge in [-0.15, -0.1) is 0 Å². The fourth-order valence-corrected chi connectivity index (χ4v) is 5.55. The van der Waals surface area contributed by atoms with Crippen LogP contribution in [0.2, 0.25) is 5.02 Å². The zero-order chi connectivity index (χ0) is 20.2. The predicted octanol–water partition coefficient (Wildman–Crippen LogP) is 1.84. The van der Waals surface area contributed by atoms with Crippen molar-refractivity contribution in [2.24, 2.45) is 11.3 Å². The summed E-state index contributed by atoms with van der Waals surface area (Å²) in [7, 11) is 0. The first-order valence-corrected chi connectivity index (χ1v) is 10.5. The summed E-state index contributed by atoms with van der Waals surface area (Å²) >= 11 is 5.76. The number of ether oxygens (including phenoxy) is 1. The molecule has 1 aromatic rings. The smallest absolute Gasteiger partial charge is 0.320 e. The second-order valence-corrected chi connectivity index (χ2v) is 9.39. The summed E-state index contributed by atoms with van der Waals surface area (Å²) in [6.45, 7) is 2.78. The Morgan fingerprint density at radius 2 is 2.17 bits per heavy atom. The second-order valence-electron chi connectivity index (χ2n) is 8.96. The molecule has 0 radical (unpaired) electrons. The number of fused-ring (bicyclic) bond motifs is 1. The number of nitrogens with one attached hydrogen (secondary N) is 1. The number of hydrogen-bond donors (Lipinski definition) is 1. The average molecular weight is 423 g/mol. The molecule has 1 saturated carbocycles. The van der Waals surface area contributed by atoms with Crippen LogP contribution in [0.4, 0.5) is 9.18 Å². The molecular weight excluding hydrogens is 399 g/mol. The number of pyridine rings is 1. The fourth-order valence-electron chi connectivity index (χ4n) is 5.41. The quantitative estimate of drug-likeness (QED) is 0.789. The number of aromatic nitrogens is 1. The van der Waals surface area contributed by atoms with Gasteiger partial charge in [0.25, 0.3) is 0 Å². The van der Waals surface area contributed by atoms with Gasteiger partial charge in [0.15, 0.2) is 0 Å². The summed E-state index contributed by atoms with van der Waals surface area (Å²) in [5, 5.41) is 3.25. The van der Waals surface area contributed by atoms with E-state index in [0.717, 1.165) is 32.4 Å². The Bertz CT molecular complexity index is 839. The van der Waals surface area contributed by atoms with E-state index in [-0.39, 0.29) is 41.9 Å². The van der Waals surface area contributed by atoms with Gasteiger partial charge in [-0.1, -0.05) is 11.6 Å². The summed E-state index contributed by atoms with van der Waals surface area (Å²) in [5.41, 5.74) is 0.658. The summed E-state index contributed by atoms with van der Waals surface area (Å²) < 4.78 is 19.5. The number of halogens is 2. The van der Waals surface area contributed by atoms with Gasteiger partial charge in [0.1, 0.15) is 12.4 Å². The van der Waals surface area contributed by atoms with Crippen LogP contribution >= 0.6 is 11.6 Å². The second kappa shape index (κ2) is 7.09. The minimum absolute atomic E-state index is 0.00810. The van der Waals surface area contributed by atoms with Gasteiger partial charge in [-0.3, -0.25) is 9.78 Å². The molecule has 3 aliphatic heterocycles. The van der Waals surface area contributed by atoms with E-state index in [1.807, 2.05) is 9.80 Å². The van der Waals surface area contributed by atoms with Gasteiger partial charge in [-0.2, -0.15) is 0 Å². The van der Waals surface area contributed by atoms with Crippen molar-refractivity contribution in [1.82, 2.24) is 20.1 Å². The Morgan fingerprint density at radius 3 is 2.93 bits per heavy atom. The first-order chi connectivity index (χ1) is 13.9. The molecule has 29 heavy (non-hydrogen) atoms. The molecule has 9 heteroatoms. The highest BCUT2D eigenvalue weighted by Gasteiger charge is 2.54. The highest BCUT2D eigenvalue weighted by atomic mass is 35.5. The number of morpholine rings is 1. The molecule has 1 spiro atoms. The molecule has 4 fully saturated rings. The number of likely N-dealkylation sites (tertiary alicyclic amines) is 2. The van der Waals surface area contributed by atoms with Crippen molar-refractivity contribution in [3.05, 3.63) is 28.8 Å². The minimum Gasteiger partial charge on any atom is -0.366 e. The zero-order valence-corrected chi connectivity index (χ0v) is 16.8. The largest absolute Gasteiger partial charge is 0.366 e. The normalized spacial score (nSPS) is 28.4. The summed E-state index contributed by atoms with van der Waals surface area (Å²) in [6.07, 6.45) is 4.85. The number of rotatable bonds is 2. The lowest BCUT2D eigenvalue weighted by molar-refractivity contribution is -0.140. The maximum absolute atomic E-state index is 13.9. The minimum atomic E-state index is -0.342. The number of carbonyl (C=O) groups excluding carboxylic acids is 2. The molecule has 1 N–H and O–H groups in total. The molecule has 2 atom stereocenters. The van der Waals surface area contributed by atoms with Crippen molar-refractivity contribution < 1.29 is 18.7 Å². The van der Waals surface area contributed by atoms with Crippen molar-refractivity contribution >= 4 is 23.5 Å². The lowest BCUT2D eigenvalue weighted by Gasteiger charge is -2.60. The third-order valence-electron chi connectivity index (χ3n) is 6.73. The van der Waals surface area contributed by atoms with Crippen LogP contribution in [0, 0.1) is 17.2 Å². The van der Waals surface area contributed by atoms with Crippen LogP contribution in [0.5, 0.6) is 0 Å². The van der Waals surface area contributed by atoms with Gasteiger partial charge in [0.2, 0.25) is 5.91 Å².